The number of aryl methyl sites for hydroxylation is 2. The van der Waals surface area contributed by atoms with Crippen molar-refractivity contribution in [2.45, 2.75) is 92.8 Å². The molecule has 0 fully saturated rings. The number of amides is 3. The van der Waals surface area contributed by atoms with E-state index in [1.54, 1.807) is 25.7 Å². The zero-order valence-electron chi connectivity index (χ0n) is 21.9. The van der Waals surface area contributed by atoms with Gasteiger partial charge in [0.05, 0.1) is 0 Å². The van der Waals surface area contributed by atoms with Gasteiger partial charge in [-0.3, -0.25) is 9.59 Å². The van der Waals surface area contributed by atoms with Crippen LogP contribution in [0, 0.1) is 19.8 Å². The van der Waals surface area contributed by atoms with Gasteiger partial charge in [0.25, 0.3) is 0 Å². The summed E-state index contributed by atoms with van der Waals surface area (Å²) in [6, 6.07) is 4.21. The van der Waals surface area contributed by atoms with E-state index in [4.69, 9.17) is 4.74 Å². The maximum Gasteiger partial charge on any atom is 0.408 e. The molecule has 186 valence electrons. The van der Waals surface area contributed by atoms with Crippen LogP contribution in [-0.4, -0.2) is 47.5 Å². The van der Waals surface area contributed by atoms with E-state index in [0.717, 1.165) is 29.5 Å². The Hall–Kier alpha value is -2.57. The molecule has 2 N–H and O–H groups in total. The Bertz CT molecular complexity index is 814. The lowest BCUT2D eigenvalue weighted by atomic mass is 9.96. The number of carbonyl (C=O) groups is 3. The molecular weight excluding hydrogens is 418 g/mol. The number of hydrogen-bond donors (Lipinski definition) is 2. The van der Waals surface area contributed by atoms with Crippen LogP contribution in [0.1, 0.15) is 84.0 Å². The third-order valence-electron chi connectivity index (χ3n) is 5.47. The molecule has 1 aromatic rings. The highest BCUT2D eigenvalue weighted by atomic mass is 16.6. The predicted octanol–water partition coefficient (Wildman–Crippen LogP) is 4.66. The van der Waals surface area contributed by atoms with Gasteiger partial charge in [-0.05, 0) is 70.6 Å². The van der Waals surface area contributed by atoms with E-state index in [9.17, 15) is 14.4 Å². The quantitative estimate of drug-likeness (QED) is 0.496. The minimum Gasteiger partial charge on any atom is -0.444 e. The van der Waals surface area contributed by atoms with Crippen molar-refractivity contribution in [3.05, 3.63) is 34.9 Å². The van der Waals surface area contributed by atoms with E-state index >= 15 is 0 Å². The first-order chi connectivity index (χ1) is 15.3. The van der Waals surface area contributed by atoms with Gasteiger partial charge in [-0.1, -0.05) is 45.4 Å². The van der Waals surface area contributed by atoms with Crippen LogP contribution in [0.2, 0.25) is 0 Å². The summed E-state index contributed by atoms with van der Waals surface area (Å²) in [5.41, 5.74) is 2.24. The fourth-order valence-electron chi connectivity index (χ4n) is 3.48. The maximum atomic E-state index is 13.7. The smallest absolute Gasteiger partial charge is 0.408 e. The average Bonchev–Trinajstić information content (AvgIpc) is 2.70. The molecule has 0 aliphatic carbocycles. The zero-order valence-corrected chi connectivity index (χ0v) is 21.9. The number of ether oxygens (including phenoxy) is 1. The second-order valence-corrected chi connectivity index (χ2v) is 9.88. The fraction of sp³-hybridized carbons (Fsp3) is 0.654. The summed E-state index contributed by atoms with van der Waals surface area (Å²) in [6.07, 6.45) is 1.17. The van der Waals surface area contributed by atoms with Crippen LogP contribution in [0.3, 0.4) is 0 Å². The van der Waals surface area contributed by atoms with E-state index in [0.29, 0.717) is 13.1 Å². The Labute approximate surface area is 199 Å². The topological polar surface area (TPSA) is 87.7 Å². The molecule has 0 aliphatic rings. The minimum atomic E-state index is -0.822. The highest BCUT2D eigenvalue weighted by Crippen LogP contribution is 2.25. The van der Waals surface area contributed by atoms with Crippen LogP contribution < -0.4 is 10.6 Å². The number of hydrogen-bond acceptors (Lipinski definition) is 4. The summed E-state index contributed by atoms with van der Waals surface area (Å²) < 4.78 is 5.37. The predicted molar refractivity (Wildman–Crippen MR) is 132 cm³/mol. The van der Waals surface area contributed by atoms with Gasteiger partial charge in [-0.15, -0.1) is 0 Å². The molecule has 2 atom stereocenters. The molecule has 1 aromatic carbocycles. The van der Waals surface area contributed by atoms with Crippen LogP contribution in [0.25, 0.3) is 0 Å². The van der Waals surface area contributed by atoms with E-state index in [1.165, 1.54) is 0 Å². The number of benzene rings is 1. The number of alkyl carbamates (subject to hydrolysis) is 1. The first-order valence-corrected chi connectivity index (χ1v) is 12.0. The van der Waals surface area contributed by atoms with Crippen molar-refractivity contribution in [1.82, 2.24) is 15.5 Å². The average molecular weight is 462 g/mol. The second kappa shape index (κ2) is 12.6. The summed E-state index contributed by atoms with van der Waals surface area (Å²) in [5, 5.41) is 5.70. The lowest BCUT2D eigenvalue weighted by molar-refractivity contribution is -0.143. The third-order valence-corrected chi connectivity index (χ3v) is 5.47. The summed E-state index contributed by atoms with van der Waals surface area (Å²) in [6.45, 7) is 17.8. The fourth-order valence-corrected chi connectivity index (χ4v) is 3.48. The second-order valence-electron chi connectivity index (χ2n) is 9.88. The largest absolute Gasteiger partial charge is 0.444 e. The number of nitrogens with zero attached hydrogens (tertiary/aromatic N) is 1. The van der Waals surface area contributed by atoms with Crippen molar-refractivity contribution in [2.24, 2.45) is 5.92 Å². The van der Waals surface area contributed by atoms with Crippen LogP contribution in [0.5, 0.6) is 0 Å². The number of carbonyl (C=O) groups excluding carboxylic acids is 3. The Morgan fingerprint density at radius 1 is 1.06 bits per heavy atom. The molecule has 0 aliphatic heterocycles. The van der Waals surface area contributed by atoms with Gasteiger partial charge in [0.1, 0.15) is 17.7 Å². The van der Waals surface area contributed by atoms with E-state index in [-0.39, 0.29) is 17.7 Å². The van der Waals surface area contributed by atoms with Gasteiger partial charge in [-0.2, -0.15) is 0 Å². The Kier molecular flexibility index (Phi) is 10.9. The molecule has 7 nitrogen and oxygen atoms in total. The van der Waals surface area contributed by atoms with Gasteiger partial charge in [-0.25, -0.2) is 4.79 Å². The lowest BCUT2D eigenvalue weighted by Crippen LogP contribution is -2.54. The lowest BCUT2D eigenvalue weighted by Gasteiger charge is -2.35. The van der Waals surface area contributed by atoms with Crippen LogP contribution >= 0.6 is 0 Å². The molecule has 33 heavy (non-hydrogen) atoms. The molecule has 2 unspecified atom stereocenters. The first kappa shape index (κ1) is 28.5. The monoisotopic (exact) mass is 461 g/mol. The molecule has 0 bridgehead atoms. The number of rotatable bonds is 10. The molecule has 0 heterocycles. The van der Waals surface area contributed by atoms with Crippen molar-refractivity contribution < 1.29 is 19.1 Å². The van der Waals surface area contributed by atoms with E-state index < -0.39 is 23.8 Å². The standard InChI is InChI=1S/C26H43N3O4/c1-10-12-15-27-23(30)22(20-14-13-18(5)19(6)16-20)29(11-2)24(31)21(17(3)4)28-25(32)33-26(7,8)9/h13-14,16-17,21-22H,10-12,15H2,1-9H3,(H,27,30)(H,28,32). The molecule has 0 aromatic heterocycles. The molecule has 1 rings (SSSR count). The molecule has 0 saturated heterocycles. The minimum absolute atomic E-state index is 0.192. The Morgan fingerprint density at radius 3 is 2.18 bits per heavy atom. The van der Waals surface area contributed by atoms with Gasteiger partial charge in [0, 0.05) is 13.1 Å². The van der Waals surface area contributed by atoms with E-state index in [2.05, 4.69) is 17.6 Å². The maximum absolute atomic E-state index is 13.7. The van der Waals surface area contributed by atoms with Crippen molar-refractivity contribution >= 4 is 17.9 Å². The van der Waals surface area contributed by atoms with Crippen molar-refractivity contribution in [2.75, 3.05) is 13.1 Å². The number of unbranched alkanes of at least 4 members (excludes halogenated alkanes) is 1. The molecular formula is C26H43N3O4. The molecule has 0 radical (unpaired) electrons. The van der Waals surface area contributed by atoms with Crippen molar-refractivity contribution in [1.29, 1.82) is 0 Å². The highest BCUT2D eigenvalue weighted by Gasteiger charge is 2.36. The highest BCUT2D eigenvalue weighted by molar-refractivity contribution is 5.92. The molecule has 7 heteroatoms. The number of likely N-dealkylation sites (N-methyl/N-ethyl adjacent to an activating group) is 1. The first-order valence-electron chi connectivity index (χ1n) is 12.0. The summed E-state index contributed by atoms with van der Waals surface area (Å²) in [4.78, 5) is 41.0. The van der Waals surface area contributed by atoms with Crippen molar-refractivity contribution in [3.63, 3.8) is 0 Å². The SMILES string of the molecule is CCCCNC(=O)C(c1ccc(C)c(C)c1)N(CC)C(=O)C(NC(=O)OC(C)(C)C)C(C)C. The van der Waals surface area contributed by atoms with Crippen LogP contribution in [0.4, 0.5) is 4.79 Å². The van der Waals surface area contributed by atoms with Gasteiger partial charge >= 0.3 is 6.09 Å². The summed E-state index contributed by atoms with van der Waals surface area (Å²) in [7, 11) is 0. The zero-order chi connectivity index (χ0) is 25.3. The Balaban J connectivity index is 3.32. The number of nitrogens with one attached hydrogen (secondary N) is 2. The van der Waals surface area contributed by atoms with Gasteiger partial charge in [0.15, 0.2) is 0 Å². The van der Waals surface area contributed by atoms with Crippen LogP contribution in [-0.2, 0) is 14.3 Å². The molecule has 0 spiro atoms. The normalized spacial score (nSPS) is 13.3. The van der Waals surface area contributed by atoms with E-state index in [1.807, 2.05) is 52.8 Å². The van der Waals surface area contributed by atoms with Gasteiger partial charge < -0.3 is 20.3 Å². The van der Waals surface area contributed by atoms with Gasteiger partial charge in [0.2, 0.25) is 11.8 Å². The summed E-state index contributed by atoms with van der Waals surface area (Å²) >= 11 is 0. The molecule has 0 saturated carbocycles. The Morgan fingerprint density at radius 2 is 1.70 bits per heavy atom. The third kappa shape index (κ3) is 8.71. The summed E-state index contributed by atoms with van der Waals surface area (Å²) in [5.74, 6) is -0.725. The molecule has 3 amide bonds. The van der Waals surface area contributed by atoms with Crippen LogP contribution in [0.15, 0.2) is 18.2 Å². The van der Waals surface area contributed by atoms with Crippen molar-refractivity contribution in [3.8, 4) is 0 Å².